The molecule has 1 aromatic carbocycles. The summed E-state index contributed by atoms with van der Waals surface area (Å²) in [5.74, 6) is 2.10. The van der Waals surface area contributed by atoms with Crippen LogP contribution < -0.4 is 9.47 Å². The number of nitrogens with zero attached hydrogens (tertiary/aromatic N) is 1. The Bertz CT molecular complexity index is 444. The molecule has 0 spiro atoms. The quantitative estimate of drug-likeness (QED) is 0.777. The number of methoxy groups -OCH3 is 2. The summed E-state index contributed by atoms with van der Waals surface area (Å²) in [4.78, 5) is 14.9. The summed E-state index contributed by atoms with van der Waals surface area (Å²) >= 11 is 1.54. The van der Waals surface area contributed by atoms with Crippen molar-refractivity contribution in [1.82, 2.24) is 4.90 Å². The average molecular weight is 281 g/mol. The first-order valence-corrected chi connectivity index (χ1v) is 7.35. The minimum atomic E-state index is 0.220. The number of carbonyl (C=O) groups is 1. The Hall–Kier alpha value is -1.36. The molecule has 0 aromatic heterocycles. The van der Waals surface area contributed by atoms with E-state index < -0.39 is 0 Å². The lowest BCUT2D eigenvalue weighted by molar-refractivity contribution is -0.127. The summed E-state index contributed by atoms with van der Waals surface area (Å²) in [5, 5.41) is 0. The van der Waals surface area contributed by atoms with Crippen LogP contribution in [0.1, 0.15) is 12.8 Å². The highest BCUT2D eigenvalue weighted by atomic mass is 32.2. The zero-order valence-corrected chi connectivity index (χ0v) is 12.2. The third kappa shape index (κ3) is 3.56. The largest absolute Gasteiger partial charge is 0.493 e. The van der Waals surface area contributed by atoms with E-state index >= 15 is 0 Å². The minimum Gasteiger partial charge on any atom is -0.493 e. The lowest BCUT2D eigenvalue weighted by Gasteiger charge is -2.15. The van der Waals surface area contributed by atoms with Crippen LogP contribution in [-0.2, 0) is 4.79 Å². The van der Waals surface area contributed by atoms with Crippen LogP contribution in [0, 0.1) is 0 Å². The van der Waals surface area contributed by atoms with Crippen molar-refractivity contribution in [3.63, 3.8) is 0 Å². The Morgan fingerprint density at radius 2 is 1.89 bits per heavy atom. The number of amides is 1. The molecule has 1 fully saturated rings. The highest BCUT2D eigenvalue weighted by Gasteiger charge is 2.17. The number of carbonyl (C=O) groups excluding carboxylic acids is 1. The molecule has 2 rings (SSSR count). The zero-order chi connectivity index (χ0) is 13.7. The topological polar surface area (TPSA) is 38.8 Å². The first-order chi connectivity index (χ1) is 9.24. The van der Waals surface area contributed by atoms with Crippen molar-refractivity contribution in [1.29, 1.82) is 0 Å². The van der Waals surface area contributed by atoms with Crippen molar-refractivity contribution < 1.29 is 14.3 Å². The van der Waals surface area contributed by atoms with Gasteiger partial charge in [0.15, 0.2) is 11.5 Å². The normalized spacial score (nSPS) is 14.5. The molecule has 1 aliphatic rings. The van der Waals surface area contributed by atoms with E-state index in [4.69, 9.17) is 9.47 Å². The molecule has 1 aliphatic heterocycles. The smallest absolute Gasteiger partial charge is 0.232 e. The maximum atomic E-state index is 11.9. The summed E-state index contributed by atoms with van der Waals surface area (Å²) in [5.41, 5.74) is 0. The minimum absolute atomic E-state index is 0.220. The van der Waals surface area contributed by atoms with Crippen LogP contribution in [0.25, 0.3) is 0 Å². The molecule has 4 nitrogen and oxygen atoms in total. The Labute approximate surface area is 118 Å². The second-order valence-electron chi connectivity index (χ2n) is 4.39. The van der Waals surface area contributed by atoms with Gasteiger partial charge in [-0.2, -0.15) is 0 Å². The van der Waals surface area contributed by atoms with E-state index in [-0.39, 0.29) is 5.91 Å². The molecule has 5 heteroatoms. The lowest BCUT2D eigenvalue weighted by Crippen LogP contribution is -2.29. The van der Waals surface area contributed by atoms with Gasteiger partial charge in [0.1, 0.15) is 0 Å². The number of thioether (sulfide) groups is 1. The van der Waals surface area contributed by atoms with E-state index in [1.807, 2.05) is 23.1 Å². The Morgan fingerprint density at radius 1 is 1.21 bits per heavy atom. The number of ether oxygens (including phenoxy) is 2. The molecule has 0 bridgehead atoms. The summed E-state index contributed by atoms with van der Waals surface area (Å²) in [6, 6.07) is 5.71. The van der Waals surface area contributed by atoms with Crippen LogP contribution in [-0.4, -0.2) is 43.9 Å². The Morgan fingerprint density at radius 3 is 2.53 bits per heavy atom. The predicted molar refractivity (Wildman–Crippen MR) is 76.1 cm³/mol. The fraction of sp³-hybridized carbons (Fsp3) is 0.500. The van der Waals surface area contributed by atoms with Crippen molar-refractivity contribution >= 4 is 17.7 Å². The molecule has 0 saturated carbocycles. The van der Waals surface area contributed by atoms with Gasteiger partial charge in [-0.3, -0.25) is 4.79 Å². The molecule has 0 atom stereocenters. The van der Waals surface area contributed by atoms with Gasteiger partial charge in [-0.15, -0.1) is 11.8 Å². The maximum Gasteiger partial charge on any atom is 0.232 e. The van der Waals surface area contributed by atoms with Crippen LogP contribution in [0.4, 0.5) is 0 Å². The second kappa shape index (κ2) is 6.70. The van der Waals surface area contributed by atoms with Gasteiger partial charge in [-0.1, -0.05) is 0 Å². The third-order valence-corrected chi connectivity index (χ3v) is 4.15. The van der Waals surface area contributed by atoms with E-state index in [2.05, 4.69) is 0 Å². The molecule has 1 heterocycles. The monoisotopic (exact) mass is 281 g/mol. The molecular weight excluding hydrogens is 262 g/mol. The average Bonchev–Trinajstić information content (AvgIpc) is 2.98. The first-order valence-electron chi connectivity index (χ1n) is 6.37. The van der Waals surface area contributed by atoms with Crippen molar-refractivity contribution in [3.05, 3.63) is 18.2 Å². The van der Waals surface area contributed by atoms with Gasteiger partial charge in [0.05, 0.1) is 20.0 Å². The highest BCUT2D eigenvalue weighted by Crippen LogP contribution is 2.32. The van der Waals surface area contributed by atoms with Gasteiger partial charge in [0.2, 0.25) is 5.91 Å². The molecule has 1 amide bonds. The van der Waals surface area contributed by atoms with Crippen LogP contribution in [0.5, 0.6) is 11.5 Å². The van der Waals surface area contributed by atoms with Crippen molar-refractivity contribution in [3.8, 4) is 11.5 Å². The zero-order valence-electron chi connectivity index (χ0n) is 11.3. The molecule has 0 N–H and O–H groups in total. The summed E-state index contributed by atoms with van der Waals surface area (Å²) in [6.07, 6.45) is 2.26. The van der Waals surface area contributed by atoms with E-state index in [9.17, 15) is 4.79 Å². The van der Waals surface area contributed by atoms with Crippen molar-refractivity contribution in [2.75, 3.05) is 33.1 Å². The van der Waals surface area contributed by atoms with Gasteiger partial charge in [-0.25, -0.2) is 0 Å². The van der Waals surface area contributed by atoms with E-state index in [0.29, 0.717) is 17.3 Å². The number of benzene rings is 1. The number of hydrogen-bond donors (Lipinski definition) is 0. The lowest BCUT2D eigenvalue weighted by atomic mass is 10.3. The SMILES string of the molecule is COc1ccc(SCC(=O)N2CCCC2)cc1OC. The molecule has 1 aromatic rings. The third-order valence-electron chi connectivity index (χ3n) is 3.18. The van der Waals surface area contributed by atoms with Crippen LogP contribution in [0.3, 0.4) is 0 Å². The van der Waals surface area contributed by atoms with Crippen LogP contribution in [0.2, 0.25) is 0 Å². The molecule has 0 aliphatic carbocycles. The molecule has 0 radical (unpaired) electrons. The molecular formula is C14H19NO3S. The van der Waals surface area contributed by atoms with Crippen LogP contribution >= 0.6 is 11.8 Å². The number of likely N-dealkylation sites (tertiary alicyclic amines) is 1. The summed E-state index contributed by atoms with van der Waals surface area (Å²) in [6.45, 7) is 1.82. The fourth-order valence-electron chi connectivity index (χ4n) is 2.11. The van der Waals surface area contributed by atoms with Gasteiger partial charge in [-0.05, 0) is 31.0 Å². The van der Waals surface area contributed by atoms with Crippen molar-refractivity contribution in [2.24, 2.45) is 0 Å². The molecule has 1 saturated heterocycles. The first kappa shape index (κ1) is 14.1. The van der Waals surface area contributed by atoms with Crippen LogP contribution in [0.15, 0.2) is 23.1 Å². The molecule has 104 valence electrons. The fourth-order valence-corrected chi connectivity index (χ4v) is 2.94. The second-order valence-corrected chi connectivity index (χ2v) is 5.44. The molecule has 19 heavy (non-hydrogen) atoms. The molecule has 0 unspecified atom stereocenters. The Balaban J connectivity index is 1.93. The standard InChI is InChI=1S/C14H19NO3S/c1-17-12-6-5-11(9-13(12)18-2)19-10-14(16)15-7-3-4-8-15/h5-6,9H,3-4,7-8,10H2,1-2H3. The van der Waals surface area contributed by atoms with E-state index in [1.54, 1.807) is 14.2 Å². The van der Waals surface area contributed by atoms with Gasteiger partial charge >= 0.3 is 0 Å². The van der Waals surface area contributed by atoms with E-state index in [0.717, 1.165) is 30.8 Å². The summed E-state index contributed by atoms with van der Waals surface area (Å²) < 4.78 is 10.4. The van der Waals surface area contributed by atoms with Crippen molar-refractivity contribution in [2.45, 2.75) is 17.7 Å². The Kier molecular flexibility index (Phi) is 4.96. The van der Waals surface area contributed by atoms with E-state index in [1.165, 1.54) is 11.8 Å². The maximum absolute atomic E-state index is 11.9. The highest BCUT2D eigenvalue weighted by molar-refractivity contribution is 8.00. The number of hydrogen-bond acceptors (Lipinski definition) is 4. The van der Waals surface area contributed by atoms with Gasteiger partial charge < -0.3 is 14.4 Å². The summed E-state index contributed by atoms with van der Waals surface area (Å²) in [7, 11) is 3.23. The number of rotatable bonds is 5. The predicted octanol–water partition coefficient (Wildman–Crippen LogP) is 2.42. The van der Waals surface area contributed by atoms with Gasteiger partial charge in [0.25, 0.3) is 0 Å². The van der Waals surface area contributed by atoms with Gasteiger partial charge in [0, 0.05) is 18.0 Å².